The zero-order chi connectivity index (χ0) is 31.6. The summed E-state index contributed by atoms with van der Waals surface area (Å²) in [7, 11) is 0. The number of urea groups is 1. The van der Waals surface area contributed by atoms with E-state index in [9.17, 15) is 32.3 Å². The summed E-state index contributed by atoms with van der Waals surface area (Å²) in [6.07, 6.45) is -2.53. The van der Waals surface area contributed by atoms with Crippen LogP contribution >= 0.6 is 0 Å². The van der Waals surface area contributed by atoms with E-state index in [1.165, 1.54) is 36.5 Å². The first-order chi connectivity index (χ1) is 21.1. The van der Waals surface area contributed by atoms with Gasteiger partial charge in [0.25, 0.3) is 0 Å². The molecule has 44 heavy (non-hydrogen) atoms. The lowest BCUT2D eigenvalue weighted by Crippen LogP contribution is -2.65. The fourth-order valence-corrected chi connectivity index (χ4v) is 4.10. The van der Waals surface area contributed by atoms with Crippen LogP contribution in [0.15, 0.2) is 79.1 Å². The summed E-state index contributed by atoms with van der Waals surface area (Å²) in [5.74, 6) is -3.51. The molecule has 0 saturated carbocycles. The number of aromatic nitrogens is 3. The number of pyridine rings is 1. The molecular weight excluding hydrogens is 587 g/mol. The molecule has 5 N–H and O–H groups in total. The quantitative estimate of drug-likeness (QED) is 0.0656. The van der Waals surface area contributed by atoms with E-state index in [1.54, 1.807) is 42.6 Å². The van der Waals surface area contributed by atoms with Gasteiger partial charge in [-0.3, -0.25) is 9.89 Å². The molecule has 2 heterocycles. The maximum Gasteiger partial charge on any atom is 0.491 e. The number of H-pyrrole nitrogens is 1. The van der Waals surface area contributed by atoms with Crippen molar-refractivity contribution in [3.8, 4) is 0 Å². The Kier molecular flexibility index (Phi) is 9.95. The van der Waals surface area contributed by atoms with Crippen LogP contribution in [-0.4, -0.2) is 64.9 Å². The molecule has 2 atom stereocenters. The van der Waals surface area contributed by atoms with Gasteiger partial charge in [0.05, 0.1) is 18.3 Å². The number of amides is 3. The van der Waals surface area contributed by atoms with E-state index in [1.807, 2.05) is 5.32 Å². The number of esters is 2. The number of carbonyl (C=O) groups excluding carboxylic acids is 4. The Morgan fingerprint density at radius 2 is 1.80 bits per heavy atom. The molecule has 230 valence electrons. The Labute approximate surface area is 247 Å². The van der Waals surface area contributed by atoms with Crippen molar-refractivity contribution < 1.29 is 41.8 Å². The van der Waals surface area contributed by atoms with E-state index >= 15 is 0 Å². The van der Waals surface area contributed by atoms with Gasteiger partial charge in [-0.1, -0.05) is 30.3 Å². The molecule has 2 aromatic carbocycles. The van der Waals surface area contributed by atoms with Crippen molar-refractivity contribution in [3.63, 3.8) is 0 Å². The minimum Gasteiger partial charge on any atom is -0.464 e. The minimum atomic E-state index is -5.55. The highest BCUT2D eigenvalue weighted by molar-refractivity contribution is 5.93. The molecule has 4 aromatic rings. The van der Waals surface area contributed by atoms with Crippen molar-refractivity contribution in [1.82, 2.24) is 25.8 Å². The summed E-state index contributed by atoms with van der Waals surface area (Å²) >= 11 is 0. The van der Waals surface area contributed by atoms with Gasteiger partial charge < -0.3 is 30.7 Å². The van der Waals surface area contributed by atoms with Crippen molar-refractivity contribution >= 4 is 46.8 Å². The largest absolute Gasteiger partial charge is 0.491 e. The van der Waals surface area contributed by atoms with E-state index in [4.69, 9.17) is 9.47 Å². The summed E-state index contributed by atoms with van der Waals surface area (Å²) in [4.78, 5) is 54.9. The molecule has 0 aliphatic heterocycles. The van der Waals surface area contributed by atoms with Crippen molar-refractivity contribution in [3.05, 3.63) is 84.7 Å². The third kappa shape index (κ3) is 7.78. The van der Waals surface area contributed by atoms with Gasteiger partial charge in [0.1, 0.15) is 5.82 Å². The van der Waals surface area contributed by atoms with Crippen molar-refractivity contribution in [1.29, 1.82) is 0 Å². The molecule has 0 saturated heterocycles. The third-order valence-corrected chi connectivity index (χ3v) is 6.11. The Hall–Kier alpha value is -5.67. The van der Waals surface area contributed by atoms with Crippen molar-refractivity contribution in [2.75, 3.05) is 23.8 Å². The zero-order valence-corrected chi connectivity index (χ0v) is 22.8. The number of nitrogens with zero attached hydrogens (tertiary/aromatic N) is 2. The molecule has 0 bridgehead atoms. The first kappa shape index (κ1) is 31.3. The predicted molar refractivity (Wildman–Crippen MR) is 150 cm³/mol. The molecule has 0 aliphatic rings. The smallest absolute Gasteiger partial charge is 0.464 e. The second-order valence-corrected chi connectivity index (χ2v) is 9.12. The highest BCUT2D eigenvalue weighted by atomic mass is 19.4. The number of hydrogen-bond acceptors (Lipinski definition) is 9. The number of aromatic amines is 1. The lowest BCUT2D eigenvalue weighted by atomic mass is 9.93. The summed E-state index contributed by atoms with van der Waals surface area (Å²) < 4.78 is 50.8. The number of rotatable bonds is 13. The monoisotopic (exact) mass is 613 g/mol. The van der Waals surface area contributed by atoms with Crippen molar-refractivity contribution in [2.24, 2.45) is 0 Å². The molecule has 2 unspecified atom stereocenters. The van der Waals surface area contributed by atoms with Crippen LogP contribution in [0.25, 0.3) is 10.9 Å². The van der Waals surface area contributed by atoms with Crippen LogP contribution in [0.4, 0.5) is 29.5 Å². The van der Waals surface area contributed by atoms with Crippen LogP contribution in [-0.2, 0) is 29.6 Å². The molecule has 0 radical (unpaired) electrons. The predicted octanol–water partition coefficient (Wildman–Crippen LogP) is 3.20. The first-order valence-electron chi connectivity index (χ1n) is 13.0. The molecule has 3 amide bonds. The standard InChI is InChI=1S/C28H26F3N7O6/c29-28(30,31)25(41)44-27(34-17-39,19-10-11-21-18(15-19)16-35-38-21)23(37-26(42)36-20-7-2-1-3-8-20)24(40)43-14-6-13-33-22-9-4-5-12-32-22/h1-5,7-12,15-17,23H,6,13-14H2,(H,32,33)(H,34,39)(H,35,38)(H2,36,37,42). The van der Waals surface area contributed by atoms with E-state index in [0.717, 1.165) is 0 Å². The van der Waals surface area contributed by atoms with Crippen molar-refractivity contribution in [2.45, 2.75) is 24.4 Å². The Morgan fingerprint density at radius 3 is 2.50 bits per heavy atom. The molecule has 0 fully saturated rings. The van der Waals surface area contributed by atoms with E-state index < -0.39 is 35.9 Å². The summed E-state index contributed by atoms with van der Waals surface area (Å²) in [6.45, 7) is 0.0110. The highest BCUT2D eigenvalue weighted by Crippen LogP contribution is 2.33. The maximum absolute atomic E-state index is 13.6. The molecule has 4 rings (SSSR count). The topological polar surface area (TPSA) is 176 Å². The van der Waals surface area contributed by atoms with Crippen LogP contribution in [0.1, 0.15) is 12.0 Å². The number of para-hydroxylation sites is 1. The van der Waals surface area contributed by atoms with Crippen LogP contribution in [0, 0.1) is 0 Å². The van der Waals surface area contributed by atoms with Crippen LogP contribution in [0.3, 0.4) is 0 Å². The number of fused-ring (bicyclic) bond motifs is 1. The maximum atomic E-state index is 13.6. The molecule has 0 spiro atoms. The van der Waals surface area contributed by atoms with E-state index in [0.29, 0.717) is 16.7 Å². The average Bonchev–Trinajstić information content (AvgIpc) is 3.48. The SMILES string of the molecule is O=CNC(OC(=O)C(F)(F)F)(c1ccc2[nH]ncc2c1)C(NC(=O)Nc1ccccc1)C(=O)OCCCNc1ccccn1. The van der Waals surface area contributed by atoms with Gasteiger partial charge in [-0.05, 0) is 42.8 Å². The summed E-state index contributed by atoms with van der Waals surface area (Å²) in [6, 6.07) is 13.6. The molecule has 0 aliphatic carbocycles. The lowest BCUT2D eigenvalue weighted by Gasteiger charge is -2.38. The molecule has 16 heteroatoms. The van der Waals surface area contributed by atoms with Gasteiger partial charge in [0, 0.05) is 29.4 Å². The number of nitrogens with one attached hydrogen (secondary N) is 5. The second kappa shape index (κ2) is 14.0. The van der Waals surface area contributed by atoms with Crippen LogP contribution < -0.4 is 21.3 Å². The van der Waals surface area contributed by atoms with Gasteiger partial charge in [-0.25, -0.2) is 19.4 Å². The second-order valence-electron chi connectivity index (χ2n) is 9.12. The van der Waals surface area contributed by atoms with Gasteiger partial charge >= 0.3 is 24.1 Å². The number of hydrogen-bond donors (Lipinski definition) is 5. The number of halogens is 3. The fraction of sp³-hybridized carbons (Fsp3) is 0.214. The van der Waals surface area contributed by atoms with Gasteiger partial charge in [0.2, 0.25) is 12.1 Å². The first-order valence-corrected chi connectivity index (χ1v) is 13.0. The van der Waals surface area contributed by atoms with E-state index in [2.05, 4.69) is 31.1 Å². The van der Waals surface area contributed by atoms with Gasteiger partial charge in [-0.15, -0.1) is 0 Å². The molecule has 13 nitrogen and oxygen atoms in total. The fourth-order valence-electron chi connectivity index (χ4n) is 4.10. The number of alkyl halides is 3. The van der Waals surface area contributed by atoms with Gasteiger partial charge in [0.15, 0.2) is 6.04 Å². The lowest BCUT2D eigenvalue weighted by molar-refractivity contribution is -0.222. The minimum absolute atomic E-state index is 0.0724. The number of anilines is 2. The summed E-state index contributed by atoms with van der Waals surface area (Å²) in [5.41, 5.74) is -2.55. The zero-order valence-electron chi connectivity index (χ0n) is 22.8. The Bertz CT molecular complexity index is 1590. The number of ether oxygens (including phenoxy) is 2. The third-order valence-electron chi connectivity index (χ3n) is 6.11. The summed E-state index contributed by atoms with van der Waals surface area (Å²) in [5, 5.41) is 16.5. The molecule has 2 aromatic heterocycles. The Morgan fingerprint density at radius 1 is 1.02 bits per heavy atom. The normalized spacial score (nSPS) is 13.2. The Balaban J connectivity index is 1.68. The van der Waals surface area contributed by atoms with E-state index in [-0.39, 0.29) is 37.2 Å². The highest BCUT2D eigenvalue weighted by Gasteiger charge is 2.55. The van der Waals surface area contributed by atoms with Crippen LogP contribution in [0.2, 0.25) is 0 Å². The number of benzene rings is 2. The van der Waals surface area contributed by atoms with Crippen LogP contribution in [0.5, 0.6) is 0 Å². The number of carbonyl (C=O) groups is 4. The van der Waals surface area contributed by atoms with Gasteiger partial charge in [-0.2, -0.15) is 18.3 Å². The average molecular weight is 614 g/mol. The molecular formula is C28H26F3N7O6.